The zero-order chi connectivity index (χ0) is 17.7. The Morgan fingerprint density at radius 3 is 2.35 bits per heavy atom. The minimum absolute atomic E-state index is 0.0630. The van der Waals surface area contributed by atoms with Gasteiger partial charge >= 0.3 is 0 Å². The number of amides is 1. The summed E-state index contributed by atoms with van der Waals surface area (Å²) in [6.45, 7) is 12.9. The smallest absolute Gasteiger partial charge is 0.221 e. The van der Waals surface area contributed by atoms with Gasteiger partial charge in [0.15, 0.2) is 0 Å². The molecule has 0 radical (unpaired) electrons. The van der Waals surface area contributed by atoms with Crippen LogP contribution in [0.5, 0.6) is 0 Å². The lowest BCUT2D eigenvalue weighted by atomic mass is 9.84. The lowest BCUT2D eigenvalue weighted by molar-refractivity contribution is -0.122. The standard InChI is InChI=1S/C17H37N3O3/c1-15(2)13-17(3,4)14-19-16(23)5-8-20(10-12-22)9-6-18-7-11-21/h15,18,21-22H,5-14H2,1-4H3,(H,19,23). The minimum Gasteiger partial charge on any atom is -0.395 e. The second-order valence-corrected chi connectivity index (χ2v) is 7.33. The van der Waals surface area contributed by atoms with Gasteiger partial charge in [0, 0.05) is 45.7 Å². The number of hydrogen-bond acceptors (Lipinski definition) is 5. The molecule has 0 aliphatic heterocycles. The van der Waals surface area contributed by atoms with Crippen molar-refractivity contribution < 1.29 is 15.0 Å². The maximum Gasteiger partial charge on any atom is 0.221 e. The first-order valence-corrected chi connectivity index (χ1v) is 8.72. The molecule has 0 aromatic carbocycles. The van der Waals surface area contributed by atoms with Crippen molar-refractivity contribution in [2.24, 2.45) is 11.3 Å². The molecule has 0 unspecified atom stereocenters. The first-order chi connectivity index (χ1) is 10.8. The summed E-state index contributed by atoms with van der Waals surface area (Å²) in [5.74, 6) is 0.682. The molecule has 1 amide bonds. The zero-order valence-corrected chi connectivity index (χ0v) is 15.4. The highest BCUT2D eigenvalue weighted by atomic mass is 16.3. The number of carbonyl (C=O) groups is 1. The van der Waals surface area contributed by atoms with E-state index >= 15 is 0 Å². The molecule has 0 atom stereocenters. The third kappa shape index (κ3) is 13.4. The van der Waals surface area contributed by atoms with Gasteiger partial charge in [-0.3, -0.25) is 9.69 Å². The lowest BCUT2D eigenvalue weighted by Gasteiger charge is -2.27. The molecule has 0 saturated carbocycles. The summed E-state index contributed by atoms with van der Waals surface area (Å²) in [7, 11) is 0. The number of hydrogen-bond donors (Lipinski definition) is 4. The Balaban J connectivity index is 4.01. The van der Waals surface area contributed by atoms with Crippen molar-refractivity contribution in [1.29, 1.82) is 0 Å². The molecule has 0 saturated heterocycles. The first kappa shape index (κ1) is 22.3. The van der Waals surface area contributed by atoms with Crippen LogP contribution in [0.2, 0.25) is 0 Å². The molecule has 6 nitrogen and oxygen atoms in total. The van der Waals surface area contributed by atoms with Gasteiger partial charge in [-0.15, -0.1) is 0 Å². The third-order valence-electron chi connectivity index (χ3n) is 3.69. The van der Waals surface area contributed by atoms with Crippen LogP contribution in [0.15, 0.2) is 0 Å². The number of nitrogens with zero attached hydrogens (tertiary/aromatic N) is 1. The molecular weight excluding hydrogens is 294 g/mol. The van der Waals surface area contributed by atoms with Crippen molar-refractivity contribution >= 4 is 5.91 Å². The Morgan fingerprint density at radius 2 is 1.78 bits per heavy atom. The number of nitrogens with one attached hydrogen (secondary N) is 2. The highest BCUT2D eigenvalue weighted by Gasteiger charge is 2.20. The van der Waals surface area contributed by atoms with Crippen LogP contribution >= 0.6 is 0 Å². The number of aliphatic hydroxyl groups is 2. The molecule has 0 fully saturated rings. The third-order valence-corrected chi connectivity index (χ3v) is 3.69. The topological polar surface area (TPSA) is 84.8 Å². The van der Waals surface area contributed by atoms with E-state index < -0.39 is 0 Å². The summed E-state index contributed by atoms with van der Waals surface area (Å²) in [5, 5.41) is 23.9. The summed E-state index contributed by atoms with van der Waals surface area (Å²) in [6.07, 6.45) is 1.53. The fourth-order valence-electron chi connectivity index (χ4n) is 2.78. The van der Waals surface area contributed by atoms with Gasteiger partial charge in [-0.25, -0.2) is 0 Å². The molecule has 0 aliphatic rings. The molecule has 0 rings (SSSR count). The molecular formula is C17H37N3O3. The summed E-state index contributed by atoms with van der Waals surface area (Å²) in [6, 6.07) is 0. The van der Waals surface area contributed by atoms with Crippen LogP contribution in [0.25, 0.3) is 0 Å². The van der Waals surface area contributed by atoms with Crippen molar-refractivity contribution in [1.82, 2.24) is 15.5 Å². The Kier molecular flexibility index (Phi) is 12.3. The lowest BCUT2D eigenvalue weighted by Crippen LogP contribution is -2.39. The van der Waals surface area contributed by atoms with Crippen LogP contribution in [0.3, 0.4) is 0 Å². The molecule has 0 aromatic heterocycles. The van der Waals surface area contributed by atoms with Crippen LogP contribution in [-0.4, -0.2) is 73.5 Å². The Hall–Kier alpha value is -0.690. The molecule has 0 heterocycles. The van der Waals surface area contributed by atoms with E-state index in [0.29, 0.717) is 38.5 Å². The van der Waals surface area contributed by atoms with Gasteiger partial charge in [-0.1, -0.05) is 27.7 Å². The predicted octanol–water partition coefficient (Wildman–Crippen LogP) is 0.441. The highest BCUT2D eigenvalue weighted by Crippen LogP contribution is 2.23. The summed E-state index contributed by atoms with van der Waals surface area (Å²) < 4.78 is 0. The van der Waals surface area contributed by atoms with Gasteiger partial charge in [-0.2, -0.15) is 0 Å². The Morgan fingerprint density at radius 1 is 1.09 bits per heavy atom. The fraction of sp³-hybridized carbons (Fsp3) is 0.941. The van der Waals surface area contributed by atoms with Crippen molar-refractivity contribution in [2.75, 3.05) is 52.5 Å². The van der Waals surface area contributed by atoms with Gasteiger partial charge in [0.05, 0.1) is 13.2 Å². The maximum atomic E-state index is 12.0. The Bertz CT molecular complexity index is 309. The van der Waals surface area contributed by atoms with Crippen molar-refractivity contribution in [2.45, 2.75) is 40.5 Å². The number of carbonyl (C=O) groups excluding carboxylic acids is 1. The van der Waals surface area contributed by atoms with Crippen molar-refractivity contribution in [3.8, 4) is 0 Å². The molecule has 138 valence electrons. The van der Waals surface area contributed by atoms with E-state index in [2.05, 4.69) is 43.2 Å². The average Bonchev–Trinajstić information content (AvgIpc) is 2.45. The highest BCUT2D eigenvalue weighted by molar-refractivity contribution is 5.76. The molecule has 4 N–H and O–H groups in total. The summed E-state index contributed by atoms with van der Waals surface area (Å²) >= 11 is 0. The molecule has 0 spiro atoms. The van der Waals surface area contributed by atoms with Gasteiger partial charge < -0.3 is 20.8 Å². The summed E-state index contributed by atoms with van der Waals surface area (Å²) in [4.78, 5) is 14.1. The quantitative estimate of drug-likeness (QED) is 0.347. The van der Waals surface area contributed by atoms with Crippen LogP contribution in [0.4, 0.5) is 0 Å². The average molecular weight is 332 g/mol. The molecule has 0 bridgehead atoms. The van der Waals surface area contributed by atoms with E-state index in [-0.39, 0.29) is 24.5 Å². The van der Waals surface area contributed by atoms with E-state index in [1.54, 1.807) is 0 Å². The SMILES string of the molecule is CC(C)CC(C)(C)CNC(=O)CCN(CCO)CCNCCO. The van der Waals surface area contributed by atoms with Crippen LogP contribution in [-0.2, 0) is 4.79 Å². The normalized spacial score (nSPS) is 12.2. The fourth-order valence-corrected chi connectivity index (χ4v) is 2.78. The van der Waals surface area contributed by atoms with E-state index in [0.717, 1.165) is 19.5 Å². The van der Waals surface area contributed by atoms with Crippen molar-refractivity contribution in [3.63, 3.8) is 0 Å². The second-order valence-electron chi connectivity index (χ2n) is 7.33. The van der Waals surface area contributed by atoms with E-state index in [1.807, 2.05) is 0 Å². The van der Waals surface area contributed by atoms with Gasteiger partial charge in [0.25, 0.3) is 0 Å². The van der Waals surface area contributed by atoms with Crippen LogP contribution in [0.1, 0.15) is 40.5 Å². The van der Waals surface area contributed by atoms with Gasteiger partial charge in [-0.05, 0) is 17.8 Å². The van der Waals surface area contributed by atoms with Crippen molar-refractivity contribution in [3.05, 3.63) is 0 Å². The van der Waals surface area contributed by atoms with E-state index in [4.69, 9.17) is 10.2 Å². The van der Waals surface area contributed by atoms with E-state index in [1.165, 1.54) is 0 Å². The second kappa shape index (κ2) is 12.7. The first-order valence-electron chi connectivity index (χ1n) is 8.72. The minimum atomic E-state index is 0.0630. The largest absolute Gasteiger partial charge is 0.395 e. The van der Waals surface area contributed by atoms with Crippen LogP contribution in [0, 0.1) is 11.3 Å². The molecule has 0 aromatic rings. The Labute approximate surface area is 141 Å². The van der Waals surface area contributed by atoms with E-state index in [9.17, 15) is 4.79 Å². The van der Waals surface area contributed by atoms with Crippen LogP contribution < -0.4 is 10.6 Å². The molecule has 0 aliphatic carbocycles. The monoisotopic (exact) mass is 331 g/mol. The number of aliphatic hydroxyl groups excluding tert-OH is 2. The number of rotatable bonds is 14. The predicted molar refractivity (Wildman–Crippen MR) is 94.3 cm³/mol. The van der Waals surface area contributed by atoms with Gasteiger partial charge in [0.2, 0.25) is 5.91 Å². The summed E-state index contributed by atoms with van der Waals surface area (Å²) in [5.41, 5.74) is 0.114. The molecule has 23 heavy (non-hydrogen) atoms. The maximum absolute atomic E-state index is 12.0. The van der Waals surface area contributed by atoms with Gasteiger partial charge in [0.1, 0.15) is 0 Å². The molecule has 6 heteroatoms. The zero-order valence-electron chi connectivity index (χ0n) is 15.4.